The van der Waals surface area contributed by atoms with Gasteiger partial charge < -0.3 is 0 Å². The maximum absolute atomic E-state index is 4.45. The lowest BCUT2D eigenvalue weighted by atomic mass is 10.0. The lowest BCUT2D eigenvalue weighted by molar-refractivity contribution is 1.13. The SMILES string of the molecule is Cc1cc(C)cc(-c2cc(-c3c(C)ccnc3C)ncn2)c1. The Labute approximate surface area is 131 Å². The first-order valence-corrected chi connectivity index (χ1v) is 7.38. The Balaban J connectivity index is 2.14. The summed E-state index contributed by atoms with van der Waals surface area (Å²) in [6.07, 6.45) is 3.47. The first kappa shape index (κ1) is 14.4. The minimum Gasteiger partial charge on any atom is -0.261 e. The molecule has 22 heavy (non-hydrogen) atoms. The van der Waals surface area contributed by atoms with Crippen molar-refractivity contribution in [3.05, 3.63) is 65.2 Å². The molecular formula is C19H19N3. The molecule has 0 unspecified atom stereocenters. The number of aryl methyl sites for hydroxylation is 4. The quantitative estimate of drug-likeness (QED) is 0.700. The molecule has 0 N–H and O–H groups in total. The van der Waals surface area contributed by atoms with Crippen molar-refractivity contribution in [1.82, 2.24) is 15.0 Å². The fraction of sp³-hybridized carbons (Fsp3) is 0.211. The molecule has 3 nitrogen and oxygen atoms in total. The van der Waals surface area contributed by atoms with Crippen LogP contribution in [0.1, 0.15) is 22.4 Å². The third-order valence-electron chi connectivity index (χ3n) is 3.79. The zero-order valence-corrected chi connectivity index (χ0v) is 13.4. The summed E-state index contributed by atoms with van der Waals surface area (Å²) in [6.45, 7) is 8.31. The van der Waals surface area contributed by atoms with Crippen LogP contribution in [0.5, 0.6) is 0 Å². The van der Waals surface area contributed by atoms with E-state index in [0.717, 1.165) is 28.2 Å². The van der Waals surface area contributed by atoms with Crippen molar-refractivity contribution in [2.45, 2.75) is 27.7 Å². The lowest BCUT2D eigenvalue weighted by Crippen LogP contribution is -1.95. The molecule has 2 heterocycles. The van der Waals surface area contributed by atoms with E-state index in [1.165, 1.54) is 16.7 Å². The smallest absolute Gasteiger partial charge is 0.116 e. The molecule has 0 atom stereocenters. The summed E-state index contributed by atoms with van der Waals surface area (Å²) < 4.78 is 0. The minimum atomic E-state index is 0.923. The van der Waals surface area contributed by atoms with Crippen molar-refractivity contribution in [3.8, 4) is 22.5 Å². The van der Waals surface area contributed by atoms with Crippen molar-refractivity contribution in [3.63, 3.8) is 0 Å². The molecule has 0 spiro atoms. The molecule has 0 aliphatic carbocycles. The predicted molar refractivity (Wildman–Crippen MR) is 89.6 cm³/mol. The third-order valence-corrected chi connectivity index (χ3v) is 3.79. The van der Waals surface area contributed by atoms with Gasteiger partial charge in [0.05, 0.1) is 11.4 Å². The topological polar surface area (TPSA) is 38.7 Å². The monoisotopic (exact) mass is 289 g/mol. The average molecular weight is 289 g/mol. The zero-order valence-electron chi connectivity index (χ0n) is 13.4. The van der Waals surface area contributed by atoms with Gasteiger partial charge in [0.1, 0.15) is 6.33 Å². The predicted octanol–water partition coefficient (Wildman–Crippen LogP) is 4.44. The number of nitrogens with zero attached hydrogens (tertiary/aromatic N) is 3. The van der Waals surface area contributed by atoms with Crippen LogP contribution < -0.4 is 0 Å². The van der Waals surface area contributed by atoms with Gasteiger partial charge in [-0.15, -0.1) is 0 Å². The van der Waals surface area contributed by atoms with Crippen LogP contribution in [0, 0.1) is 27.7 Å². The molecule has 0 saturated carbocycles. The van der Waals surface area contributed by atoms with Gasteiger partial charge in [0.25, 0.3) is 0 Å². The van der Waals surface area contributed by atoms with E-state index >= 15 is 0 Å². The van der Waals surface area contributed by atoms with Crippen molar-refractivity contribution in [2.75, 3.05) is 0 Å². The van der Waals surface area contributed by atoms with Crippen LogP contribution in [0.3, 0.4) is 0 Å². The summed E-state index contributed by atoms with van der Waals surface area (Å²) in [6, 6.07) is 10.5. The van der Waals surface area contributed by atoms with E-state index in [0.29, 0.717) is 0 Å². The molecule has 0 radical (unpaired) electrons. The molecule has 2 aromatic heterocycles. The van der Waals surface area contributed by atoms with Crippen LogP contribution >= 0.6 is 0 Å². The van der Waals surface area contributed by atoms with Crippen LogP contribution in [0.15, 0.2) is 42.9 Å². The summed E-state index contributed by atoms with van der Waals surface area (Å²) in [5.74, 6) is 0. The van der Waals surface area contributed by atoms with Crippen molar-refractivity contribution in [2.24, 2.45) is 0 Å². The second-order valence-corrected chi connectivity index (χ2v) is 5.75. The van der Waals surface area contributed by atoms with Crippen LogP contribution in [-0.2, 0) is 0 Å². The fourth-order valence-electron chi connectivity index (χ4n) is 2.86. The summed E-state index contributed by atoms with van der Waals surface area (Å²) in [5, 5.41) is 0. The van der Waals surface area contributed by atoms with Gasteiger partial charge in [0.15, 0.2) is 0 Å². The average Bonchev–Trinajstić information content (AvgIpc) is 2.46. The maximum atomic E-state index is 4.45. The third kappa shape index (κ3) is 2.75. The molecule has 0 bridgehead atoms. The lowest BCUT2D eigenvalue weighted by Gasteiger charge is -2.10. The highest BCUT2D eigenvalue weighted by Crippen LogP contribution is 2.27. The number of aromatic nitrogens is 3. The number of rotatable bonds is 2. The van der Waals surface area contributed by atoms with Gasteiger partial charge in [-0.2, -0.15) is 0 Å². The van der Waals surface area contributed by atoms with Gasteiger partial charge in [0.2, 0.25) is 0 Å². The summed E-state index contributed by atoms with van der Waals surface area (Å²) in [4.78, 5) is 13.3. The van der Waals surface area contributed by atoms with Crippen LogP contribution in [0.4, 0.5) is 0 Å². The number of hydrogen-bond donors (Lipinski definition) is 0. The van der Waals surface area contributed by atoms with Gasteiger partial charge in [-0.3, -0.25) is 4.98 Å². The Morgan fingerprint density at radius 3 is 2.09 bits per heavy atom. The van der Waals surface area contributed by atoms with Gasteiger partial charge in [0, 0.05) is 23.0 Å². The molecule has 0 fully saturated rings. The highest BCUT2D eigenvalue weighted by atomic mass is 14.8. The van der Waals surface area contributed by atoms with Crippen molar-refractivity contribution in [1.29, 1.82) is 0 Å². The number of pyridine rings is 1. The van der Waals surface area contributed by atoms with E-state index in [4.69, 9.17) is 0 Å². The second-order valence-electron chi connectivity index (χ2n) is 5.75. The van der Waals surface area contributed by atoms with Crippen molar-refractivity contribution >= 4 is 0 Å². The minimum absolute atomic E-state index is 0.923. The number of benzene rings is 1. The van der Waals surface area contributed by atoms with Gasteiger partial charge >= 0.3 is 0 Å². The summed E-state index contributed by atoms with van der Waals surface area (Å²) in [5.41, 5.74) is 8.73. The van der Waals surface area contributed by atoms with Gasteiger partial charge in [-0.1, -0.05) is 17.2 Å². The Kier molecular flexibility index (Phi) is 3.72. The van der Waals surface area contributed by atoms with Gasteiger partial charge in [-0.05, 0) is 57.5 Å². The molecule has 1 aromatic carbocycles. The fourth-order valence-corrected chi connectivity index (χ4v) is 2.86. The molecule has 110 valence electrons. The maximum Gasteiger partial charge on any atom is 0.116 e. The van der Waals surface area contributed by atoms with E-state index < -0.39 is 0 Å². The molecular weight excluding hydrogens is 270 g/mol. The standard InChI is InChI=1S/C19H19N3/c1-12-7-13(2)9-16(8-12)17-10-18(22-11-21-17)19-14(3)5-6-20-15(19)4/h5-11H,1-4H3. The molecule has 0 saturated heterocycles. The van der Waals surface area contributed by atoms with Gasteiger partial charge in [-0.25, -0.2) is 9.97 Å². The summed E-state index contributed by atoms with van der Waals surface area (Å²) >= 11 is 0. The molecule has 3 rings (SSSR count). The normalized spacial score (nSPS) is 10.7. The van der Waals surface area contributed by atoms with E-state index in [-0.39, 0.29) is 0 Å². The molecule has 0 aliphatic rings. The Hall–Kier alpha value is -2.55. The first-order chi connectivity index (χ1) is 10.5. The molecule has 3 aromatic rings. The highest BCUT2D eigenvalue weighted by Gasteiger charge is 2.10. The van der Waals surface area contributed by atoms with Crippen molar-refractivity contribution < 1.29 is 0 Å². The summed E-state index contributed by atoms with van der Waals surface area (Å²) in [7, 11) is 0. The van der Waals surface area contributed by atoms with E-state index in [1.807, 2.05) is 25.3 Å². The Bertz CT molecular complexity index is 797. The van der Waals surface area contributed by atoms with Crippen LogP contribution in [0.2, 0.25) is 0 Å². The molecule has 0 aliphatic heterocycles. The second kappa shape index (κ2) is 5.68. The van der Waals surface area contributed by atoms with E-state index in [1.54, 1.807) is 6.33 Å². The largest absolute Gasteiger partial charge is 0.261 e. The number of hydrogen-bond acceptors (Lipinski definition) is 3. The van der Waals surface area contributed by atoms with E-state index in [9.17, 15) is 0 Å². The first-order valence-electron chi connectivity index (χ1n) is 7.38. The molecule has 0 amide bonds. The zero-order chi connectivity index (χ0) is 15.7. The Morgan fingerprint density at radius 2 is 1.41 bits per heavy atom. The molecule has 3 heteroatoms. The van der Waals surface area contributed by atoms with Crippen LogP contribution in [0.25, 0.3) is 22.5 Å². The van der Waals surface area contributed by atoms with Crippen LogP contribution in [-0.4, -0.2) is 15.0 Å². The Morgan fingerprint density at radius 1 is 0.727 bits per heavy atom. The highest BCUT2D eigenvalue weighted by molar-refractivity contribution is 5.71. The van der Waals surface area contributed by atoms with E-state index in [2.05, 4.69) is 53.9 Å².